The van der Waals surface area contributed by atoms with Gasteiger partial charge in [-0.3, -0.25) is 0 Å². The van der Waals surface area contributed by atoms with E-state index >= 15 is 0 Å². The van der Waals surface area contributed by atoms with Gasteiger partial charge >= 0.3 is 0 Å². The van der Waals surface area contributed by atoms with Crippen molar-refractivity contribution in [2.75, 3.05) is 11.9 Å². The molecule has 1 aliphatic heterocycles. The van der Waals surface area contributed by atoms with Gasteiger partial charge in [-0.2, -0.15) is 0 Å². The number of imidazole rings is 1. The zero-order valence-electron chi connectivity index (χ0n) is 17.6. The molecule has 0 radical (unpaired) electrons. The lowest BCUT2D eigenvalue weighted by atomic mass is 9.94. The molecule has 7 heteroatoms. The molecule has 31 heavy (non-hydrogen) atoms. The first kappa shape index (κ1) is 18.5. The summed E-state index contributed by atoms with van der Waals surface area (Å²) in [5.74, 6) is 1.84. The summed E-state index contributed by atoms with van der Waals surface area (Å²) in [6.45, 7) is 1.08. The van der Waals surface area contributed by atoms with Crippen LogP contribution in [0.3, 0.4) is 0 Å². The Hall–Kier alpha value is -3.22. The first-order valence-corrected chi connectivity index (χ1v) is 11.5. The van der Waals surface area contributed by atoms with Crippen LogP contribution in [-0.2, 0) is 12.8 Å². The fourth-order valence-corrected chi connectivity index (χ4v) is 5.27. The number of tetrazole rings is 1. The standard InChI is InChI=1S/C24H27N7/c1-2-6-19(7-3-1)31-22-11-9-18(24-27-29-30-28-24)15-21(22)26-23(31)14-16-8-10-20-17(13-16)5-4-12-25-20/h8-11,13,15,19,25H,1-7,12,14H2,(H,27,28,29,30). The SMILES string of the molecule is c1cc2c(cc1Cc1nc3cc(-c4nnn[nH]4)ccc3n1C1CCCCC1)CCCN2. The number of nitrogens with one attached hydrogen (secondary N) is 2. The van der Waals surface area contributed by atoms with Gasteiger partial charge in [0.2, 0.25) is 0 Å². The van der Waals surface area contributed by atoms with Gasteiger partial charge in [0.25, 0.3) is 0 Å². The molecule has 158 valence electrons. The lowest BCUT2D eigenvalue weighted by Gasteiger charge is -2.26. The van der Waals surface area contributed by atoms with Crippen molar-refractivity contribution in [1.29, 1.82) is 0 Å². The normalized spacial score (nSPS) is 16.9. The number of fused-ring (bicyclic) bond motifs is 2. The Kier molecular flexibility index (Phi) is 4.66. The molecule has 2 aromatic carbocycles. The van der Waals surface area contributed by atoms with Gasteiger partial charge in [-0.1, -0.05) is 31.4 Å². The Balaban J connectivity index is 1.42. The minimum absolute atomic E-state index is 0.533. The van der Waals surface area contributed by atoms with E-state index in [0.29, 0.717) is 11.9 Å². The molecule has 2 aromatic heterocycles. The fraction of sp³-hybridized carbons (Fsp3) is 0.417. The highest BCUT2D eigenvalue weighted by atomic mass is 15.5. The van der Waals surface area contributed by atoms with Crippen molar-refractivity contribution in [3.63, 3.8) is 0 Å². The van der Waals surface area contributed by atoms with E-state index < -0.39 is 0 Å². The van der Waals surface area contributed by atoms with Crippen LogP contribution in [0.1, 0.15) is 61.5 Å². The van der Waals surface area contributed by atoms with Gasteiger partial charge < -0.3 is 9.88 Å². The van der Waals surface area contributed by atoms with Crippen molar-refractivity contribution in [3.05, 3.63) is 53.3 Å². The maximum absolute atomic E-state index is 5.13. The summed E-state index contributed by atoms with van der Waals surface area (Å²) in [6.07, 6.45) is 9.64. The highest BCUT2D eigenvalue weighted by Crippen LogP contribution is 2.34. The topological polar surface area (TPSA) is 84.3 Å². The van der Waals surface area contributed by atoms with Gasteiger partial charge in [-0.15, -0.1) is 5.10 Å². The maximum Gasteiger partial charge on any atom is 0.179 e. The third-order valence-electron chi connectivity index (χ3n) is 6.79. The molecular formula is C24H27N7. The molecule has 1 saturated carbocycles. The summed E-state index contributed by atoms with van der Waals surface area (Å²) in [6, 6.07) is 13.8. The molecule has 3 heterocycles. The second-order valence-corrected chi connectivity index (χ2v) is 8.84. The number of benzene rings is 2. The molecule has 2 aliphatic rings. The average Bonchev–Trinajstić information content (AvgIpc) is 3.47. The highest BCUT2D eigenvalue weighted by molar-refractivity contribution is 5.81. The quantitative estimate of drug-likeness (QED) is 0.508. The monoisotopic (exact) mass is 413 g/mol. The molecule has 6 rings (SSSR count). The van der Waals surface area contributed by atoms with E-state index in [1.54, 1.807) is 0 Å². The predicted octanol–water partition coefficient (Wildman–Crippen LogP) is 4.67. The van der Waals surface area contributed by atoms with E-state index in [1.807, 2.05) is 0 Å². The Morgan fingerprint density at radius 1 is 1.00 bits per heavy atom. The molecule has 0 unspecified atom stereocenters. The largest absolute Gasteiger partial charge is 0.385 e. The summed E-state index contributed by atoms with van der Waals surface area (Å²) in [5.41, 5.74) is 7.28. The minimum Gasteiger partial charge on any atom is -0.385 e. The van der Waals surface area contributed by atoms with Crippen LogP contribution < -0.4 is 5.32 Å². The molecule has 0 spiro atoms. The van der Waals surface area contributed by atoms with Crippen LogP contribution >= 0.6 is 0 Å². The molecule has 1 fully saturated rings. The van der Waals surface area contributed by atoms with Crippen LogP contribution in [0.5, 0.6) is 0 Å². The number of anilines is 1. The van der Waals surface area contributed by atoms with Gasteiger partial charge in [0.1, 0.15) is 5.82 Å². The number of rotatable bonds is 4. The van der Waals surface area contributed by atoms with E-state index in [4.69, 9.17) is 4.98 Å². The van der Waals surface area contributed by atoms with Crippen molar-refractivity contribution in [3.8, 4) is 11.4 Å². The molecule has 4 aromatic rings. The van der Waals surface area contributed by atoms with E-state index in [2.05, 4.69) is 66.9 Å². The number of hydrogen-bond donors (Lipinski definition) is 2. The molecule has 7 nitrogen and oxygen atoms in total. The Bertz CT molecular complexity index is 1200. The minimum atomic E-state index is 0.533. The lowest BCUT2D eigenvalue weighted by Crippen LogP contribution is -2.16. The molecule has 1 aliphatic carbocycles. The smallest absolute Gasteiger partial charge is 0.179 e. The molecule has 0 atom stereocenters. The summed E-state index contributed by atoms with van der Waals surface area (Å²) in [5, 5.41) is 17.9. The van der Waals surface area contributed by atoms with Crippen LogP contribution in [0.2, 0.25) is 0 Å². The van der Waals surface area contributed by atoms with Crippen LogP contribution in [-0.4, -0.2) is 36.7 Å². The van der Waals surface area contributed by atoms with Crippen molar-refractivity contribution >= 4 is 16.7 Å². The van der Waals surface area contributed by atoms with E-state index in [-0.39, 0.29) is 0 Å². The van der Waals surface area contributed by atoms with Gasteiger partial charge in [0, 0.05) is 30.3 Å². The Morgan fingerprint density at radius 3 is 2.81 bits per heavy atom. The maximum atomic E-state index is 5.13. The average molecular weight is 414 g/mol. The van der Waals surface area contributed by atoms with Crippen LogP contribution in [0.4, 0.5) is 5.69 Å². The fourth-order valence-electron chi connectivity index (χ4n) is 5.27. The number of hydrogen-bond acceptors (Lipinski definition) is 5. The van der Waals surface area contributed by atoms with Crippen LogP contribution in [0.25, 0.3) is 22.4 Å². The second-order valence-electron chi connectivity index (χ2n) is 8.84. The number of nitrogens with zero attached hydrogens (tertiary/aromatic N) is 5. The zero-order valence-corrected chi connectivity index (χ0v) is 17.6. The van der Waals surface area contributed by atoms with Crippen molar-refractivity contribution in [2.45, 2.75) is 57.4 Å². The first-order valence-electron chi connectivity index (χ1n) is 11.5. The van der Waals surface area contributed by atoms with E-state index in [1.165, 1.54) is 66.7 Å². The molecule has 0 bridgehead atoms. The lowest BCUT2D eigenvalue weighted by molar-refractivity contribution is 0.353. The van der Waals surface area contributed by atoms with Crippen LogP contribution in [0, 0.1) is 0 Å². The molecule has 0 saturated heterocycles. The third-order valence-corrected chi connectivity index (χ3v) is 6.79. The number of aryl methyl sites for hydroxylation is 1. The Morgan fingerprint density at radius 2 is 1.94 bits per heavy atom. The van der Waals surface area contributed by atoms with Gasteiger partial charge in [0.15, 0.2) is 5.82 Å². The number of H-pyrrole nitrogens is 1. The van der Waals surface area contributed by atoms with Crippen LogP contribution in [0.15, 0.2) is 36.4 Å². The highest BCUT2D eigenvalue weighted by Gasteiger charge is 2.22. The molecular weight excluding hydrogens is 386 g/mol. The second kappa shape index (κ2) is 7.80. The Labute approximate surface area is 181 Å². The summed E-state index contributed by atoms with van der Waals surface area (Å²) < 4.78 is 2.52. The summed E-state index contributed by atoms with van der Waals surface area (Å²) in [4.78, 5) is 5.13. The predicted molar refractivity (Wildman–Crippen MR) is 121 cm³/mol. The van der Waals surface area contributed by atoms with Gasteiger partial charge in [-0.25, -0.2) is 10.1 Å². The van der Waals surface area contributed by atoms with Crippen molar-refractivity contribution < 1.29 is 0 Å². The molecule has 0 amide bonds. The van der Waals surface area contributed by atoms with Crippen molar-refractivity contribution in [1.82, 2.24) is 30.2 Å². The van der Waals surface area contributed by atoms with E-state index in [9.17, 15) is 0 Å². The third kappa shape index (κ3) is 3.48. The first-order chi connectivity index (χ1) is 15.3. The van der Waals surface area contributed by atoms with Gasteiger partial charge in [-0.05, 0) is 71.5 Å². The van der Waals surface area contributed by atoms with Crippen molar-refractivity contribution in [2.24, 2.45) is 0 Å². The summed E-state index contributed by atoms with van der Waals surface area (Å²) in [7, 11) is 0. The van der Waals surface area contributed by atoms with E-state index in [0.717, 1.165) is 30.5 Å². The number of aromatic nitrogens is 6. The summed E-state index contributed by atoms with van der Waals surface area (Å²) >= 11 is 0. The zero-order chi connectivity index (χ0) is 20.6. The molecule has 2 N–H and O–H groups in total. The van der Waals surface area contributed by atoms with Gasteiger partial charge in [0.05, 0.1) is 11.0 Å². The number of aromatic amines is 1.